The van der Waals surface area contributed by atoms with Crippen molar-refractivity contribution in [1.29, 1.82) is 0 Å². The Hall–Kier alpha value is -2.24. The third-order valence-corrected chi connectivity index (χ3v) is 5.31. The quantitative estimate of drug-likeness (QED) is 0.626. The molecule has 0 unspecified atom stereocenters. The van der Waals surface area contributed by atoms with Crippen molar-refractivity contribution >= 4 is 46.0 Å². The number of fused-ring (bicyclic) bond motifs is 1. The molecule has 1 aromatic heterocycles. The Balaban J connectivity index is 1.40. The molecule has 2 aromatic carbocycles. The minimum Gasteiger partial charge on any atom is -0.342 e. The highest BCUT2D eigenvalue weighted by Gasteiger charge is 2.26. The number of nitrogens with zero attached hydrogens (tertiary/aromatic N) is 2. The van der Waals surface area contributed by atoms with Gasteiger partial charge in [-0.2, -0.15) is 0 Å². The van der Waals surface area contributed by atoms with Crippen molar-refractivity contribution < 1.29 is 4.79 Å². The molecule has 2 heterocycles. The average molecular weight is 389 g/mol. The maximum atomic E-state index is 12.5. The maximum absolute atomic E-state index is 12.5. The summed E-state index contributed by atoms with van der Waals surface area (Å²) in [6, 6.07) is 12.8. The molecular weight excluding hydrogens is 371 g/mol. The van der Waals surface area contributed by atoms with Crippen LogP contribution in [0.3, 0.4) is 0 Å². The van der Waals surface area contributed by atoms with E-state index in [1.165, 1.54) is 0 Å². The van der Waals surface area contributed by atoms with Gasteiger partial charge in [-0.1, -0.05) is 35.3 Å². The highest BCUT2D eigenvalue weighted by Crippen LogP contribution is 2.29. The SMILES string of the molecule is O=C(Nc1ccccc1Cl)N1CCC(c2nc3ccc(Cl)cc3[nH]2)CC1. The van der Waals surface area contributed by atoms with Crippen molar-refractivity contribution in [2.24, 2.45) is 0 Å². The Kier molecular flexibility index (Phi) is 4.74. The van der Waals surface area contributed by atoms with Crippen LogP contribution < -0.4 is 5.32 Å². The molecule has 1 aliphatic rings. The number of benzene rings is 2. The lowest BCUT2D eigenvalue weighted by molar-refractivity contribution is 0.193. The van der Waals surface area contributed by atoms with Gasteiger partial charge >= 0.3 is 6.03 Å². The van der Waals surface area contributed by atoms with Crippen LogP contribution in [0.25, 0.3) is 11.0 Å². The number of anilines is 1. The highest BCUT2D eigenvalue weighted by atomic mass is 35.5. The van der Waals surface area contributed by atoms with Crippen LogP contribution in [-0.4, -0.2) is 34.0 Å². The number of likely N-dealkylation sites (tertiary alicyclic amines) is 1. The van der Waals surface area contributed by atoms with Crippen LogP contribution in [0.15, 0.2) is 42.5 Å². The highest BCUT2D eigenvalue weighted by molar-refractivity contribution is 6.33. The Morgan fingerprint density at radius 3 is 2.69 bits per heavy atom. The van der Waals surface area contributed by atoms with Gasteiger partial charge in [0.15, 0.2) is 0 Å². The largest absolute Gasteiger partial charge is 0.342 e. The molecule has 2 N–H and O–H groups in total. The zero-order chi connectivity index (χ0) is 18.1. The molecule has 134 valence electrons. The molecule has 0 bridgehead atoms. The molecule has 0 atom stereocenters. The molecule has 26 heavy (non-hydrogen) atoms. The summed E-state index contributed by atoms with van der Waals surface area (Å²) in [6.45, 7) is 1.36. The number of aromatic nitrogens is 2. The lowest BCUT2D eigenvalue weighted by Crippen LogP contribution is -2.40. The van der Waals surface area contributed by atoms with Gasteiger partial charge in [-0.05, 0) is 43.2 Å². The zero-order valence-electron chi connectivity index (χ0n) is 14.0. The first-order chi connectivity index (χ1) is 12.6. The van der Waals surface area contributed by atoms with Gasteiger partial charge in [0.1, 0.15) is 5.82 Å². The topological polar surface area (TPSA) is 61.0 Å². The molecule has 0 saturated carbocycles. The Bertz CT molecular complexity index is 948. The number of piperidine rings is 1. The van der Waals surface area contributed by atoms with Crippen molar-refractivity contribution in [3.8, 4) is 0 Å². The lowest BCUT2D eigenvalue weighted by Gasteiger charge is -2.31. The Labute approximate surface area is 161 Å². The molecule has 4 rings (SSSR count). The average Bonchev–Trinajstić information content (AvgIpc) is 3.07. The van der Waals surface area contributed by atoms with E-state index in [0.717, 1.165) is 29.7 Å². The summed E-state index contributed by atoms with van der Waals surface area (Å²) < 4.78 is 0. The first kappa shape index (κ1) is 17.2. The summed E-state index contributed by atoms with van der Waals surface area (Å²) in [5, 5.41) is 4.11. The summed E-state index contributed by atoms with van der Waals surface area (Å²) in [4.78, 5) is 22.3. The summed E-state index contributed by atoms with van der Waals surface area (Å²) in [6.07, 6.45) is 1.73. The second-order valence-corrected chi connectivity index (χ2v) is 7.30. The number of nitrogens with one attached hydrogen (secondary N) is 2. The van der Waals surface area contributed by atoms with Crippen molar-refractivity contribution in [2.75, 3.05) is 18.4 Å². The van der Waals surface area contributed by atoms with E-state index < -0.39 is 0 Å². The standard InChI is InChI=1S/C19H18Cl2N4O/c20-13-5-6-16-17(11-13)23-18(22-16)12-7-9-25(10-8-12)19(26)24-15-4-2-1-3-14(15)21/h1-6,11-12H,7-10H2,(H,22,23)(H,24,26). The van der Waals surface area contributed by atoms with E-state index in [-0.39, 0.29) is 6.03 Å². The van der Waals surface area contributed by atoms with Gasteiger partial charge in [-0.25, -0.2) is 9.78 Å². The number of rotatable bonds is 2. The van der Waals surface area contributed by atoms with E-state index in [1.807, 2.05) is 35.2 Å². The van der Waals surface area contributed by atoms with Crippen LogP contribution in [0.5, 0.6) is 0 Å². The molecule has 0 aliphatic carbocycles. The zero-order valence-corrected chi connectivity index (χ0v) is 15.5. The van der Waals surface area contributed by atoms with Crippen LogP contribution in [0.2, 0.25) is 10.0 Å². The van der Waals surface area contributed by atoms with Gasteiger partial charge in [0.05, 0.1) is 21.7 Å². The van der Waals surface area contributed by atoms with E-state index in [9.17, 15) is 4.79 Å². The summed E-state index contributed by atoms with van der Waals surface area (Å²) in [5.74, 6) is 1.28. The van der Waals surface area contributed by atoms with E-state index in [2.05, 4.69) is 15.3 Å². The van der Waals surface area contributed by atoms with Crippen LogP contribution in [-0.2, 0) is 0 Å². The monoisotopic (exact) mass is 388 g/mol. The predicted molar refractivity (Wildman–Crippen MR) is 105 cm³/mol. The molecule has 1 aliphatic heterocycles. The third kappa shape index (κ3) is 3.50. The van der Waals surface area contributed by atoms with E-state index >= 15 is 0 Å². The normalized spacial score (nSPS) is 15.4. The number of halogens is 2. The number of hydrogen-bond acceptors (Lipinski definition) is 2. The van der Waals surface area contributed by atoms with E-state index in [4.69, 9.17) is 23.2 Å². The number of para-hydroxylation sites is 1. The maximum Gasteiger partial charge on any atom is 0.321 e. The lowest BCUT2D eigenvalue weighted by atomic mass is 9.96. The molecular formula is C19H18Cl2N4O. The summed E-state index contributed by atoms with van der Waals surface area (Å²) in [5.41, 5.74) is 2.50. The molecule has 7 heteroatoms. The number of hydrogen-bond donors (Lipinski definition) is 2. The Morgan fingerprint density at radius 1 is 1.15 bits per heavy atom. The summed E-state index contributed by atoms with van der Waals surface area (Å²) >= 11 is 12.1. The second-order valence-electron chi connectivity index (χ2n) is 6.45. The van der Waals surface area contributed by atoms with Gasteiger partial charge in [0, 0.05) is 24.0 Å². The fourth-order valence-corrected chi connectivity index (χ4v) is 3.66. The molecule has 1 fully saturated rings. The first-order valence-electron chi connectivity index (χ1n) is 8.56. The van der Waals surface area contributed by atoms with Gasteiger partial charge in [-0.3, -0.25) is 0 Å². The van der Waals surface area contributed by atoms with Crippen LogP contribution in [0, 0.1) is 0 Å². The predicted octanol–water partition coefficient (Wildman–Crippen LogP) is 5.28. The third-order valence-electron chi connectivity index (χ3n) is 4.75. The van der Waals surface area contributed by atoms with Crippen LogP contribution in [0.1, 0.15) is 24.6 Å². The number of carbonyl (C=O) groups is 1. The van der Waals surface area contributed by atoms with E-state index in [0.29, 0.717) is 34.7 Å². The number of H-pyrrole nitrogens is 1. The van der Waals surface area contributed by atoms with Crippen molar-refractivity contribution in [1.82, 2.24) is 14.9 Å². The minimum atomic E-state index is -0.118. The van der Waals surface area contributed by atoms with Crippen LogP contribution >= 0.6 is 23.2 Å². The smallest absolute Gasteiger partial charge is 0.321 e. The number of urea groups is 1. The number of aromatic amines is 1. The molecule has 3 aromatic rings. The van der Waals surface area contributed by atoms with Crippen molar-refractivity contribution in [2.45, 2.75) is 18.8 Å². The number of amides is 2. The van der Waals surface area contributed by atoms with Gasteiger partial charge in [-0.15, -0.1) is 0 Å². The summed E-state index contributed by atoms with van der Waals surface area (Å²) in [7, 11) is 0. The number of carbonyl (C=O) groups excluding carboxylic acids is 1. The van der Waals surface area contributed by atoms with Gasteiger partial charge < -0.3 is 15.2 Å². The Morgan fingerprint density at radius 2 is 1.92 bits per heavy atom. The van der Waals surface area contributed by atoms with Crippen molar-refractivity contribution in [3.05, 3.63) is 58.3 Å². The van der Waals surface area contributed by atoms with Gasteiger partial charge in [0.25, 0.3) is 0 Å². The second kappa shape index (κ2) is 7.17. The fraction of sp³-hybridized carbons (Fsp3) is 0.263. The minimum absolute atomic E-state index is 0.118. The van der Waals surface area contributed by atoms with E-state index in [1.54, 1.807) is 12.1 Å². The fourth-order valence-electron chi connectivity index (χ4n) is 3.31. The van der Waals surface area contributed by atoms with Gasteiger partial charge in [0.2, 0.25) is 0 Å². The van der Waals surface area contributed by atoms with Crippen molar-refractivity contribution in [3.63, 3.8) is 0 Å². The van der Waals surface area contributed by atoms with Crippen LogP contribution in [0.4, 0.5) is 10.5 Å². The molecule has 2 amide bonds. The molecule has 0 spiro atoms. The number of imidazole rings is 1. The first-order valence-corrected chi connectivity index (χ1v) is 9.31. The molecule has 0 radical (unpaired) electrons. The molecule has 1 saturated heterocycles. The molecule has 5 nitrogen and oxygen atoms in total.